The number of carbonyl (C=O) groups excluding carboxylic acids is 4. The lowest BCUT2D eigenvalue weighted by atomic mass is 9.85. The van der Waals surface area contributed by atoms with E-state index >= 15 is 0 Å². The zero-order valence-corrected chi connectivity index (χ0v) is 19.1. The van der Waals surface area contributed by atoms with Gasteiger partial charge in [-0.1, -0.05) is 47.5 Å². The van der Waals surface area contributed by atoms with Gasteiger partial charge in [-0.2, -0.15) is 0 Å². The molecule has 0 aromatic heterocycles. The lowest BCUT2D eigenvalue weighted by Gasteiger charge is -2.19. The average Bonchev–Trinajstić information content (AvgIpc) is 3.39. The van der Waals surface area contributed by atoms with Crippen LogP contribution in [0.3, 0.4) is 0 Å². The minimum atomic E-state index is -1.36. The number of allylic oxidation sites excluding steroid dienone is 1. The highest BCUT2D eigenvalue weighted by Gasteiger charge is 2.61. The van der Waals surface area contributed by atoms with Gasteiger partial charge in [-0.05, 0) is 25.1 Å². The molecule has 2 heterocycles. The third-order valence-corrected chi connectivity index (χ3v) is 6.63. The van der Waals surface area contributed by atoms with E-state index in [4.69, 9.17) is 27.9 Å². The normalized spacial score (nSPS) is 23.4. The number of anilines is 1. The number of aliphatic hydroxyl groups excluding tert-OH is 1. The molecule has 0 unspecified atom stereocenters. The van der Waals surface area contributed by atoms with Gasteiger partial charge in [0.25, 0.3) is 0 Å². The monoisotopic (exact) mass is 498 g/mol. The Labute approximate surface area is 203 Å². The maximum atomic E-state index is 13.6. The highest BCUT2D eigenvalue weighted by atomic mass is 35.5. The van der Waals surface area contributed by atoms with Crippen LogP contribution in [0.4, 0.5) is 5.69 Å². The zero-order chi connectivity index (χ0) is 24.3. The van der Waals surface area contributed by atoms with Crippen LogP contribution in [-0.4, -0.2) is 47.0 Å². The average molecular weight is 499 g/mol. The van der Waals surface area contributed by atoms with E-state index in [1.807, 2.05) is 0 Å². The number of amides is 2. The first kappa shape index (κ1) is 22.3. The number of aliphatic hydroxyl groups is 1. The number of imide groups is 1. The number of fused-ring (bicyclic) bond motifs is 2. The predicted molar refractivity (Wildman–Crippen MR) is 124 cm³/mol. The number of hydrogen-bond donors (Lipinski definition) is 1. The first-order chi connectivity index (χ1) is 16.3. The topological polar surface area (TPSA) is 113 Å². The molecule has 2 aromatic carbocycles. The van der Waals surface area contributed by atoms with Crippen molar-refractivity contribution in [2.45, 2.75) is 13.0 Å². The van der Waals surface area contributed by atoms with Gasteiger partial charge in [0.15, 0.2) is 11.8 Å². The molecule has 3 aliphatic rings. The predicted octanol–water partition coefficient (Wildman–Crippen LogP) is 3.65. The number of esters is 1. The molecule has 2 amide bonds. The molecule has 1 aliphatic carbocycles. The summed E-state index contributed by atoms with van der Waals surface area (Å²) >= 11 is 12.2. The Morgan fingerprint density at radius 1 is 1.09 bits per heavy atom. The van der Waals surface area contributed by atoms with Crippen molar-refractivity contribution in [2.75, 3.05) is 11.5 Å². The lowest BCUT2D eigenvalue weighted by Crippen LogP contribution is -2.36. The van der Waals surface area contributed by atoms with Crippen molar-refractivity contribution in [2.24, 2.45) is 16.8 Å². The third kappa shape index (κ3) is 3.09. The molecule has 3 atom stereocenters. The molecule has 2 aromatic rings. The zero-order valence-electron chi connectivity index (χ0n) is 17.6. The molecule has 1 saturated heterocycles. The summed E-state index contributed by atoms with van der Waals surface area (Å²) in [6.45, 7) is 1.63. The van der Waals surface area contributed by atoms with Crippen molar-refractivity contribution in [3.8, 4) is 0 Å². The lowest BCUT2D eigenvalue weighted by molar-refractivity contribution is -0.147. The Morgan fingerprint density at radius 3 is 2.44 bits per heavy atom. The van der Waals surface area contributed by atoms with Gasteiger partial charge in [-0.3, -0.25) is 19.4 Å². The van der Waals surface area contributed by atoms with E-state index in [1.165, 1.54) is 24.3 Å². The summed E-state index contributed by atoms with van der Waals surface area (Å²) in [5, 5.41) is 11.2. The summed E-state index contributed by atoms with van der Waals surface area (Å²) in [5.74, 6) is -5.65. The molecule has 172 valence electrons. The summed E-state index contributed by atoms with van der Waals surface area (Å²) in [7, 11) is 0. The second-order valence-electron chi connectivity index (χ2n) is 7.92. The molecular weight excluding hydrogens is 483 g/mol. The van der Waals surface area contributed by atoms with E-state index in [1.54, 1.807) is 25.1 Å². The van der Waals surface area contributed by atoms with Crippen molar-refractivity contribution in [3.63, 3.8) is 0 Å². The van der Waals surface area contributed by atoms with E-state index in [-0.39, 0.29) is 45.5 Å². The van der Waals surface area contributed by atoms with Gasteiger partial charge in [-0.15, -0.1) is 0 Å². The Kier molecular flexibility index (Phi) is 5.30. The van der Waals surface area contributed by atoms with Gasteiger partial charge in [0.2, 0.25) is 11.8 Å². The van der Waals surface area contributed by atoms with Gasteiger partial charge in [0, 0.05) is 16.1 Å². The van der Waals surface area contributed by atoms with E-state index < -0.39 is 41.4 Å². The number of ketones is 1. The van der Waals surface area contributed by atoms with Crippen LogP contribution in [0.15, 0.2) is 53.0 Å². The van der Waals surface area contributed by atoms with Gasteiger partial charge in [0.1, 0.15) is 5.76 Å². The third-order valence-electron chi connectivity index (χ3n) is 6.09. The quantitative estimate of drug-likeness (QED) is 0.508. The van der Waals surface area contributed by atoms with Crippen LogP contribution in [0.2, 0.25) is 10.0 Å². The number of carbonyl (C=O) groups is 4. The maximum Gasteiger partial charge on any atom is 0.331 e. The number of hydrogen-bond acceptors (Lipinski definition) is 7. The van der Waals surface area contributed by atoms with Crippen LogP contribution in [0.1, 0.15) is 22.8 Å². The molecule has 0 spiro atoms. The van der Waals surface area contributed by atoms with Crippen LogP contribution in [0, 0.1) is 11.8 Å². The van der Waals surface area contributed by atoms with E-state index in [0.717, 1.165) is 4.90 Å². The number of halogens is 2. The molecule has 10 heteroatoms. The maximum absolute atomic E-state index is 13.6. The summed E-state index contributed by atoms with van der Waals surface area (Å²) < 4.78 is 5.09. The summed E-state index contributed by atoms with van der Waals surface area (Å²) in [6, 6.07) is 9.32. The number of rotatable bonds is 4. The Balaban J connectivity index is 1.64. The molecular formula is C24H16Cl2N2O6. The summed E-state index contributed by atoms with van der Waals surface area (Å²) in [5.41, 5.74) is 0.302. The molecule has 5 rings (SSSR count). The van der Waals surface area contributed by atoms with Crippen molar-refractivity contribution in [1.29, 1.82) is 0 Å². The second kappa shape index (κ2) is 8.07. The van der Waals surface area contributed by atoms with Crippen LogP contribution >= 0.6 is 23.2 Å². The minimum Gasteiger partial charge on any atom is -0.506 e. The Hall–Kier alpha value is -3.49. The number of ether oxygens (including phenoxy) is 1. The Bertz CT molecular complexity index is 1360. The largest absolute Gasteiger partial charge is 0.506 e. The van der Waals surface area contributed by atoms with Crippen LogP contribution < -0.4 is 4.90 Å². The molecule has 0 radical (unpaired) electrons. The molecule has 0 saturated carbocycles. The van der Waals surface area contributed by atoms with Gasteiger partial charge < -0.3 is 9.84 Å². The molecule has 8 nitrogen and oxygen atoms in total. The standard InChI is InChI=1S/C24H16Cl2N2O6/c1-2-34-24(33)19-16-15(22(31)28(23(16)32)14-8-7-10(25)9-13(14)26)18(27-19)17-20(29)11-5-3-4-6-12(11)21(17)30/h3-9,15-16,19,29H,2H2,1H3/t15-,16-,19+/m1/s1. The molecule has 2 aliphatic heterocycles. The summed E-state index contributed by atoms with van der Waals surface area (Å²) in [6.07, 6.45) is 0. The van der Waals surface area contributed by atoms with Crippen LogP contribution in [-0.2, 0) is 19.1 Å². The molecule has 1 fully saturated rings. The van der Waals surface area contributed by atoms with E-state index in [9.17, 15) is 24.3 Å². The van der Waals surface area contributed by atoms with Gasteiger partial charge in [-0.25, -0.2) is 9.69 Å². The Morgan fingerprint density at radius 2 is 1.79 bits per heavy atom. The fourth-order valence-electron chi connectivity index (χ4n) is 4.66. The summed E-state index contributed by atoms with van der Waals surface area (Å²) in [4.78, 5) is 58.1. The van der Waals surface area contributed by atoms with Crippen LogP contribution in [0.5, 0.6) is 0 Å². The van der Waals surface area contributed by atoms with Gasteiger partial charge in [0.05, 0.1) is 40.4 Å². The smallest absolute Gasteiger partial charge is 0.331 e. The number of benzene rings is 2. The first-order valence-electron chi connectivity index (χ1n) is 10.4. The van der Waals surface area contributed by atoms with Crippen molar-refractivity contribution >= 4 is 63.9 Å². The minimum absolute atomic E-state index is 0.0325. The van der Waals surface area contributed by atoms with Crippen molar-refractivity contribution in [1.82, 2.24) is 0 Å². The highest BCUT2D eigenvalue weighted by molar-refractivity contribution is 6.44. The van der Waals surface area contributed by atoms with E-state index in [0.29, 0.717) is 5.02 Å². The van der Waals surface area contributed by atoms with Crippen LogP contribution in [0.25, 0.3) is 5.76 Å². The number of nitrogens with zero attached hydrogens (tertiary/aromatic N) is 2. The van der Waals surface area contributed by atoms with Gasteiger partial charge >= 0.3 is 5.97 Å². The number of Topliss-reactive ketones (excluding diaryl/α,β-unsaturated/α-hetero) is 1. The SMILES string of the molecule is CCOC(=O)[C@H]1N=C(C2=C(O)c3ccccc3C2=O)[C@@H]2C(=O)N(c3ccc(Cl)cc3Cl)C(=O)[C@H]21. The number of aliphatic imine (C=N–C) groups is 1. The highest BCUT2D eigenvalue weighted by Crippen LogP contribution is 2.45. The fraction of sp³-hybridized carbons (Fsp3) is 0.208. The van der Waals surface area contributed by atoms with Crippen molar-refractivity contribution in [3.05, 3.63) is 69.2 Å². The first-order valence-corrected chi connectivity index (χ1v) is 11.2. The molecule has 0 bridgehead atoms. The van der Waals surface area contributed by atoms with Crippen molar-refractivity contribution < 1.29 is 29.0 Å². The van der Waals surface area contributed by atoms with E-state index in [2.05, 4.69) is 4.99 Å². The fourth-order valence-corrected chi connectivity index (χ4v) is 5.15. The molecule has 34 heavy (non-hydrogen) atoms. The second-order valence-corrected chi connectivity index (χ2v) is 8.76. The molecule has 1 N–H and O–H groups in total.